The van der Waals surface area contributed by atoms with E-state index in [4.69, 9.17) is 17.3 Å². The zero-order chi connectivity index (χ0) is 25.3. The van der Waals surface area contributed by atoms with Crippen molar-refractivity contribution < 1.29 is 27.9 Å². The molecule has 0 aliphatic heterocycles. The summed E-state index contributed by atoms with van der Waals surface area (Å²) in [7, 11) is -3.36. The van der Waals surface area contributed by atoms with Crippen molar-refractivity contribution in [2.45, 2.75) is 43.6 Å². The summed E-state index contributed by atoms with van der Waals surface area (Å²) in [6, 6.07) is 5.43. The lowest BCUT2D eigenvalue weighted by Gasteiger charge is -2.41. The van der Waals surface area contributed by atoms with Crippen LogP contribution in [0.5, 0.6) is 0 Å². The van der Waals surface area contributed by atoms with Gasteiger partial charge in [-0.2, -0.15) is 5.26 Å². The molecule has 182 valence electrons. The average Bonchev–Trinajstić information content (AvgIpc) is 3.14. The molecular weight excluding hydrogens is 484 g/mol. The number of rotatable bonds is 8. The van der Waals surface area contributed by atoms with E-state index in [2.05, 4.69) is 10.3 Å². The number of nitrogens with zero attached hydrogens (tertiary/aromatic N) is 1. The molecule has 10 nitrogen and oxygen atoms in total. The van der Waals surface area contributed by atoms with Gasteiger partial charge in [0.25, 0.3) is 0 Å². The van der Waals surface area contributed by atoms with Gasteiger partial charge in [-0.05, 0) is 31.4 Å². The Hall–Kier alpha value is -3.10. The highest BCUT2D eigenvalue weighted by Gasteiger charge is 2.53. The van der Waals surface area contributed by atoms with Crippen LogP contribution in [0.1, 0.15) is 48.2 Å². The highest BCUT2D eigenvalue weighted by Crippen LogP contribution is 2.48. The largest absolute Gasteiger partial charge is 0.477 e. The second-order valence-electron chi connectivity index (χ2n) is 8.61. The second-order valence-corrected chi connectivity index (χ2v) is 11.3. The number of primary amides is 1. The first-order chi connectivity index (χ1) is 15.9. The monoisotopic (exact) mass is 508 g/mol. The van der Waals surface area contributed by atoms with E-state index in [-0.39, 0.29) is 36.3 Å². The maximum atomic E-state index is 13.4. The number of aromatic carboxylic acids is 1. The van der Waals surface area contributed by atoms with Crippen molar-refractivity contribution in [1.29, 1.82) is 5.26 Å². The first kappa shape index (κ1) is 25.5. The van der Waals surface area contributed by atoms with Gasteiger partial charge in [-0.25, -0.2) is 13.2 Å². The van der Waals surface area contributed by atoms with Crippen molar-refractivity contribution in [2.24, 2.45) is 11.7 Å². The standard InChI is InChI=1S/C22H25ClN4O6S/c1-34(32,33)9-7-13(11-24)26-19(28)15-4-2-3-8-22(15,21(25)31)17-14-6-5-12(23)10-16(14)27-18(17)20(29)30/h5-6,10,13,15,27H,2-4,7-9H2,1H3,(H2,25,31)(H,26,28)(H,29,30)/t13-,15-,22-/m0/s1. The van der Waals surface area contributed by atoms with E-state index in [1.807, 2.05) is 6.07 Å². The molecule has 12 heteroatoms. The number of benzene rings is 1. The summed E-state index contributed by atoms with van der Waals surface area (Å²) in [4.78, 5) is 41.4. The number of hydrogen-bond acceptors (Lipinski definition) is 6. The second kappa shape index (κ2) is 9.64. The summed E-state index contributed by atoms with van der Waals surface area (Å²) >= 11 is 6.06. The number of carbonyl (C=O) groups is 3. The fourth-order valence-corrected chi connectivity index (χ4v) is 5.65. The van der Waals surface area contributed by atoms with E-state index in [0.29, 0.717) is 28.8 Å². The average molecular weight is 509 g/mol. The molecule has 1 aromatic heterocycles. The number of carbonyl (C=O) groups excluding carboxylic acids is 2. The highest BCUT2D eigenvalue weighted by atomic mass is 35.5. The van der Waals surface area contributed by atoms with Gasteiger partial charge >= 0.3 is 5.97 Å². The number of carboxylic acids is 1. The number of fused-ring (bicyclic) bond motifs is 1. The predicted molar refractivity (Wildman–Crippen MR) is 125 cm³/mol. The summed E-state index contributed by atoms with van der Waals surface area (Å²) in [5.41, 5.74) is 4.48. The lowest BCUT2D eigenvalue weighted by molar-refractivity contribution is -0.137. The lowest BCUT2D eigenvalue weighted by Crippen LogP contribution is -2.55. The smallest absolute Gasteiger partial charge is 0.352 e. The number of nitrogens with two attached hydrogens (primary N) is 1. The predicted octanol–water partition coefficient (Wildman–Crippen LogP) is 1.88. The Morgan fingerprint density at radius 2 is 2.09 bits per heavy atom. The van der Waals surface area contributed by atoms with Crippen molar-refractivity contribution in [3.63, 3.8) is 0 Å². The van der Waals surface area contributed by atoms with Gasteiger partial charge in [0.2, 0.25) is 11.8 Å². The van der Waals surface area contributed by atoms with E-state index in [1.54, 1.807) is 12.1 Å². The van der Waals surface area contributed by atoms with Gasteiger partial charge in [0.15, 0.2) is 0 Å². The molecule has 3 rings (SSSR count). The van der Waals surface area contributed by atoms with Crippen molar-refractivity contribution in [3.8, 4) is 6.07 Å². The van der Waals surface area contributed by atoms with Gasteiger partial charge in [-0.3, -0.25) is 9.59 Å². The molecule has 0 radical (unpaired) electrons. The molecular formula is C22H25ClN4O6S. The van der Waals surface area contributed by atoms with Crippen LogP contribution in [0, 0.1) is 17.2 Å². The fourth-order valence-electron chi connectivity index (χ4n) is 4.81. The van der Waals surface area contributed by atoms with Crippen LogP contribution in [0.4, 0.5) is 0 Å². The molecule has 1 aliphatic carbocycles. The molecule has 2 aromatic rings. The SMILES string of the molecule is CS(=O)(=O)CC[C@@H](C#N)NC(=O)[C@@H]1CCCC[C@@]1(C(N)=O)c1c(C(=O)O)[nH]c2cc(Cl)ccc12. The molecule has 0 unspecified atom stereocenters. The van der Waals surface area contributed by atoms with Gasteiger partial charge < -0.3 is 21.1 Å². The van der Waals surface area contributed by atoms with E-state index in [0.717, 1.165) is 6.26 Å². The maximum Gasteiger partial charge on any atom is 0.352 e. The first-order valence-electron chi connectivity index (χ1n) is 10.6. The van der Waals surface area contributed by atoms with E-state index in [1.165, 1.54) is 6.07 Å². The number of aromatic amines is 1. The minimum atomic E-state index is -3.36. The van der Waals surface area contributed by atoms with Crippen LogP contribution in [0.2, 0.25) is 5.02 Å². The minimum Gasteiger partial charge on any atom is -0.477 e. The Morgan fingerprint density at radius 3 is 2.68 bits per heavy atom. The third-order valence-corrected chi connectivity index (χ3v) is 7.55. The number of aromatic nitrogens is 1. The lowest BCUT2D eigenvalue weighted by atomic mass is 9.60. The Bertz CT molecular complexity index is 1300. The molecule has 1 aliphatic rings. The Balaban J connectivity index is 2.12. The number of sulfone groups is 1. The highest BCUT2D eigenvalue weighted by molar-refractivity contribution is 7.90. The first-order valence-corrected chi connectivity index (χ1v) is 13.1. The topological polar surface area (TPSA) is 183 Å². The fraction of sp³-hybridized carbons (Fsp3) is 0.455. The van der Waals surface area contributed by atoms with Crippen molar-refractivity contribution >= 4 is 50.1 Å². The number of halogens is 1. The maximum absolute atomic E-state index is 13.4. The molecule has 1 aromatic carbocycles. The number of nitriles is 1. The van der Waals surface area contributed by atoms with Gasteiger partial charge in [0, 0.05) is 27.7 Å². The van der Waals surface area contributed by atoms with Crippen LogP contribution in [0.15, 0.2) is 18.2 Å². The van der Waals surface area contributed by atoms with Crippen molar-refractivity contribution in [2.75, 3.05) is 12.0 Å². The number of carboxylic acid groups (broad SMARTS) is 1. The number of nitrogens with one attached hydrogen (secondary N) is 2. The van der Waals surface area contributed by atoms with Crippen LogP contribution < -0.4 is 11.1 Å². The summed E-state index contributed by atoms with van der Waals surface area (Å²) in [6.45, 7) is 0. The van der Waals surface area contributed by atoms with E-state index >= 15 is 0 Å². The Kier molecular flexibility index (Phi) is 7.24. The van der Waals surface area contributed by atoms with Crippen LogP contribution >= 0.6 is 11.6 Å². The molecule has 0 bridgehead atoms. The summed E-state index contributed by atoms with van der Waals surface area (Å²) in [5, 5.41) is 22.6. The van der Waals surface area contributed by atoms with Gasteiger partial charge in [0.05, 0.1) is 23.2 Å². The van der Waals surface area contributed by atoms with Crippen LogP contribution in [0.25, 0.3) is 10.9 Å². The van der Waals surface area contributed by atoms with Crippen LogP contribution in [0.3, 0.4) is 0 Å². The van der Waals surface area contributed by atoms with Crippen molar-refractivity contribution in [1.82, 2.24) is 10.3 Å². The van der Waals surface area contributed by atoms with Crippen LogP contribution in [-0.2, 0) is 24.8 Å². The van der Waals surface area contributed by atoms with Gasteiger partial charge in [0.1, 0.15) is 21.6 Å². The third kappa shape index (κ3) is 4.88. The van der Waals surface area contributed by atoms with Crippen molar-refractivity contribution in [3.05, 3.63) is 34.5 Å². The molecule has 34 heavy (non-hydrogen) atoms. The molecule has 1 saturated carbocycles. The van der Waals surface area contributed by atoms with Gasteiger partial charge in [-0.15, -0.1) is 0 Å². The molecule has 0 spiro atoms. The summed E-state index contributed by atoms with van der Waals surface area (Å²) in [6.07, 6.45) is 2.39. The van der Waals surface area contributed by atoms with Crippen LogP contribution in [-0.4, -0.2) is 54.3 Å². The number of amides is 2. The number of H-pyrrole nitrogens is 1. The molecule has 2 amide bonds. The third-order valence-electron chi connectivity index (χ3n) is 6.34. The molecule has 5 N–H and O–H groups in total. The van der Waals surface area contributed by atoms with E-state index < -0.39 is 45.0 Å². The molecule has 0 saturated heterocycles. The zero-order valence-corrected chi connectivity index (χ0v) is 20.0. The van der Waals surface area contributed by atoms with Gasteiger partial charge in [-0.1, -0.05) is 30.5 Å². The molecule has 3 atom stereocenters. The quantitative estimate of drug-likeness (QED) is 0.419. The minimum absolute atomic E-state index is 0.115. The molecule has 1 heterocycles. The molecule has 1 fully saturated rings. The van der Waals surface area contributed by atoms with E-state index in [9.17, 15) is 33.2 Å². The normalized spacial score (nSPS) is 21.5. The zero-order valence-electron chi connectivity index (χ0n) is 18.4. The Labute approximate surface area is 201 Å². The summed E-state index contributed by atoms with van der Waals surface area (Å²) < 4.78 is 23.0. The number of hydrogen-bond donors (Lipinski definition) is 4. The summed E-state index contributed by atoms with van der Waals surface area (Å²) in [5.74, 6) is -4.19. The Morgan fingerprint density at radius 1 is 1.38 bits per heavy atom.